The van der Waals surface area contributed by atoms with E-state index < -0.39 is 0 Å². The number of carbonyl (C=O) groups excluding carboxylic acids is 2. The lowest BCUT2D eigenvalue weighted by molar-refractivity contribution is -0.137. The summed E-state index contributed by atoms with van der Waals surface area (Å²) in [5, 5.41) is 0. The lowest BCUT2D eigenvalue weighted by Crippen LogP contribution is -2.39. The molecule has 0 unspecified atom stereocenters. The van der Waals surface area contributed by atoms with E-state index >= 15 is 0 Å². The second kappa shape index (κ2) is 8.19. The van der Waals surface area contributed by atoms with Crippen molar-refractivity contribution < 1.29 is 14.0 Å². The molecule has 5 heteroatoms. The van der Waals surface area contributed by atoms with Gasteiger partial charge in [0.2, 0.25) is 0 Å². The molecule has 4 rings (SSSR count). The van der Waals surface area contributed by atoms with Gasteiger partial charge in [-0.1, -0.05) is 49.4 Å². The number of rotatable bonds is 5. The molecule has 0 aromatic heterocycles. The van der Waals surface area contributed by atoms with Gasteiger partial charge in [-0.25, -0.2) is 4.39 Å². The van der Waals surface area contributed by atoms with Crippen LogP contribution in [0, 0.1) is 11.7 Å². The third-order valence-corrected chi connectivity index (χ3v) is 5.84. The molecule has 0 spiro atoms. The minimum atomic E-state index is -0.361. The molecule has 2 aromatic rings. The summed E-state index contributed by atoms with van der Waals surface area (Å²) in [5.41, 5.74) is 2.55. The summed E-state index contributed by atoms with van der Waals surface area (Å²) in [4.78, 5) is 30.0. The van der Waals surface area contributed by atoms with E-state index in [1.165, 1.54) is 17.0 Å². The number of imide groups is 1. The third kappa shape index (κ3) is 3.95. The number of amides is 2. The van der Waals surface area contributed by atoms with Gasteiger partial charge in [0.25, 0.3) is 11.8 Å². The molecule has 4 nitrogen and oxygen atoms in total. The van der Waals surface area contributed by atoms with Gasteiger partial charge in [-0.3, -0.25) is 14.5 Å². The number of benzene rings is 2. The van der Waals surface area contributed by atoms with E-state index in [4.69, 9.17) is 0 Å². The lowest BCUT2D eigenvalue weighted by atomic mass is 9.97. The van der Waals surface area contributed by atoms with Gasteiger partial charge in [-0.2, -0.15) is 0 Å². The van der Waals surface area contributed by atoms with Crippen LogP contribution in [0.2, 0.25) is 0 Å². The second-order valence-corrected chi connectivity index (χ2v) is 7.90. The van der Waals surface area contributed by atoms with Crippen LogP contribution in [0.15, 0.2) is 60.3 Å². The Bertz CT molecular complexity index is 929. The zero-order valence-electron chi connectivity index (χ0n) is 16.6. The zero-order chi connectivity index (χ0) is 20.4. The molecule has 2 heterocycles. The van der Waals surface area contributed by atoms with Crippen LogP contribution in [0.4, 0.5) is 4.39 Å². The number of halogens is 1. The van der Waals surface area contributed by atoms with Crippen molar-refractivity contribution in [2.45, 2.75) is 26.2 Å². The maximum Gasteiger partial charge on any atom is 0.277 e. The van der Waals surface area contributed by atoms with Crippen molar-refractivity contribution in [3.63, 3.8) is 0 Å². The Hall–Kier alpha value is -2.95. The number of nitrogens with zero attached hydrogens (tertiary/aromatic N) is 2. The predicted octanol–water partition coefficient (Wildman–Crippen LogP) is 3.88. The van der Waals surface area contributed by atoms with Gasteiger partial charge in [-0.15, -0.1) is 0 Å². The summed E-state index contributed by atoms with van der Waals surface area (Å²) < 4.78 is 13.4. The molecule has 1 saturated heterocycles. The molecule has 0 atom stereocenters. The van der Waals surface area contributed by atoms with Crippen LogP contribution in [-0.4, -0.2) is 41.2 Å². The number of likely N-dealkylation sites (tertiary alicyclic amines) is 1. The van der Waals surface area contributed by atoms with E-state index in [0.29, 0.717) is 35.7 Å². The topological polar surface area (TPSA) is 40.6 Å². The average Bonchev–Trinajstić information content (AvgIpc) is 2.98. The van der Waals surface area contributed by atoms with Gasteiger partial charge >= 0.3 is 0 Å². The van der Waals surface area contributed by atoms with Crippen LogP contribution in [0.1, 0.15) is 30.9 Å². The third-order valence-electron chi connectivity index (χ3n) is 5.84. The number of carbonyl (C=O) groups is 2. The highest BCUT2D eigenvalue weighted by molar-refractivity contribution is 6.35. The highest BCUT2D eigenvalue weighted by atomic mass is 19.1. The molecule has 0 aliphatic carbocycles. The fourth-order valence-corrected chi connectivity index (χ4v) is 4.05. The minimum Gasteiger partial charge on any atom is -0.366 e. The molecule has 0 radical (unpaired) electrons. The van der Waals surface area contributed by atoms with Crippen LogP contribution >= 0.6 is 0 Å². The van der Waals surface area contributed by atoms with Crippen LogP contribution < -0.4 is 0 Å². The van der Waals surface area contributed by atoms with E-state index in [-0.39, 0.29) is 17.6 Å². The van der Waals surface area contributed by atoms with Crippen LogP contribution in [0.5, 0.6) is 0 Å². The smallest absolute Gasteiger partial charge is 0.277 e. The standard InChI is InChI=1S/C24H25FN2O2/c1-17-11-14-26(15-12-17)22-21(19-7-9-20(25)10-8-19)23(28)27(24(22)29)16-13-18-5-3-2-4-6-18/h2-10,17H,11-16H2,1H3. The van der Waals surface area contributed by atoms with Crippen molar-refractivity contribution in [2.24, 2.45) is 5.92 Å². The Balaban J connectivity index is 1.65. The largest absolute Gasteiger partial charge is 0.366 e. The lowest BCUT2D eigenvalue weighted by Gasteiger charge is -2.32. The van der Waals surface area contributed by atoms with Gasteiger partial charge in [-0.05, 0) is 48.4 Å². The zero-order valence-corrected chi connectivity index (χ0v) is 16.6. The molecular weight excluding hydrogens is 367 g/mol. The quantitative estimate of drug-likeness (QED) is 0.725. The van der Waals surface area contributed by atoms with E-state index in [0.717, 1.165) is 31.5 Å². The Kier molecular flexibility index (Phi) is 5.47. The number of hydrogen-bond donors (Lipinski definition) is 0. The summed E-state index contributed by atoms with van der Waals surface area (Å²) in [6.45, 7) is 4.06. The van der Waals surface area contributed by atoms with Gasteiger partial charge in [0.1, 0.15) is 11.5 Å². The molecule has 2 aliphatic rings. The van der Waals surface area contributed by atoms with Crippen molar-refractivity contribution in [3.05, 3.63) is 77.2 Å². The number of hydrogen-bond acceptors (Lipinski definition) is 3. The molecule has 0 N–H and O–H groups in total. The van der Waals surface area contributed by atoms with Crippen LogP contribution in [0.25, 0.3) is 5.57 Å². The van der Waals surface area contributed by atoms with Crippen molar-refractivity contribution in [1.82, 2.24) is 9.80 Å². The van der Waals surface area contributed by atoms with E-state index in [9.17, 15) is 14.0 Å². The highest BCUT2D eigenvalue weighted by Gasteiger charge is 2.41. The highest BCUT2D eigenvalue weighted by Crippen LogP contribution is 2.34. The van der Waals surface area contributed by atoms with E-state index in [1.54, 1.807) is 12.1 Å². The van der Waals surface area contributed by atoms with Crippen molar-refractivity contribution >= 4 is 17.4 Å². The number of piperidine rings is 1. The maximum atomic E-state index is 13.4. The SMILES string of the molecule is CC1CCN(C2=C(c3ccc(F)cc3)C(=O)N(CCc3ccccc3)C2=O)CC1. The minimum absolute atomic E-state index is 0.236. The van der Waals surface area contributed by atoms with Crippen molar-refractivity contribution in [2.75, 3.05) is 19.6 Å². The van der Waals surface area contributed by atoms with Gasteiger partial charge in [0.15, 0.2) is 0 Å². The summed E-state index contributed by atoms with van der Waals surface area (Å²) in [6.07, 6.45) is 2.59. The van der Waals surface area contributed by atoms with Crippen molar-refractivity contribution in [3.8, 4) is 0 Å². The first-order valence-corrected chi connectivity index (χ1v) is 10.2. The Labute approximate surface area is 170 Å². The molecule has 29 heavy (non-hydrogen) atoms. The van der Waals surface area contributed by atoms with Gasteiger partial charge in [0.05, 0.1) is 5.57 Å². The molecule has 150 valence electrons. The maximum absolute atomic E-state index is 13.4. The Morgan fingerprint density at radius 1 is 0.931 bits per heavy atom. The first-order chi connectivity index (χ1) is 14.0. The predicted molar refractivity (Wildman–Crippen MR) is 110 cm³/mol. The molecule has 0 bridgehead atoms. The molecule has 2 aromatic carbocycles. The Morgan fingerprint density at radius 3 is 2.24 bits per heavy atom. The Morgan fingerprint density at radius 2 is 1.59 bits per heavy atom. The molecule has 1 fully saturated rings. The fourth-order valence-electron chi connectivity index (χ4n) is 4.05. The summed E-state index contributed by atoms with van der Waals surface area (Å²) in [5.74, 6) is -0.270. The van der Waals surface area contributed by atoms with Crippen molar-refractivity contribution in [1.29, 1.82) is 0 Å². The molecule has 0 saturated carbocycles. The first-order valence-electron chi connectivity index (χ1n) is 10.2. The summed E-state index contributed by atoms with van der Waals surface area (Å²) in [7, 11) is 0. The first kappa shape index (κ1) is 19.4. The molecule has 2 aliphatic heterocycles. The normalized spacial score (nSPS) is 18.1. The second-order valence-electron chi connectivity index (χ2n) is 7.90. The average molecular weight is 392 g/mol. The summed E-state index contributed by atoms with van der Waals surface area (Å²) in [6, 6.07) is 15.7. The monoisotopic (exact) mass is 392 g/mol. The van der Waals surface area contributed by atoms with Gasteiger partial charge < -0.3 is 4.90 Å². The summed E-state index contributed by atoms with van der Waals surface area (Å²) >= 11 is 0. The van der Waals surface area contributed by atoms with E-state index in [2.05, 4.69) is 6.92 Å². The van der Waals surface area contributed by atoms with E-state index in [1.807, 2.05) is 35.2 Å². The fraction of sp³-hybridized carbons (Fsp3) is 0.333. The molecule has 2 amide bonds. The van der Waals surface area contributed by atoms with Crippen LogP contribution in [0.3, 0.4) is 0 Å². The molecular formula is C24H25FN2O2. The van der Waals surface area contributed by atoms with Gasteiger partial charge in [0, 0.05) is 19.6 Å². The van der Waals surface area contributed by atoms with Crippen LogP contribution in [-0.2, 0) is 16.0 Å².